The highest BCUT2D eigenvalue weighted by Crippen LogP contribution is 2.18. The molecular weight excluding hydrogens is 292 g/mol. The Morgan fingerprint density at radius 1 is 1.13 bits per heavy atom. The van der Waals surface area contributed by atoms with E-state index in [4.69, 9.17) is 0 Å². The zero-order valence-corrected chi connectivity index (χ0v) is 14.2. The standard InChI is InChI=1S/C17H22N4O2/c1-9-8-10(2)20-14(19-9)6-7-18-17(23)15-11(3)16(13(5)22)21-12(15)4/h8,21H,6-7H2,1-5H3,(H,18,23). The minimum Gasteiger partial charge on any atom is -0.355 e. The van der Waals surface area contributed by atoms with E-state index in [0.29, 0.717) is 35.5 Å². The van der Waals surface area contributed by atoms with Gasteiger partial charge in [-0.2, -0.15) is 0 Å². The number of carbonyl (C=O) groups is 2. The number of ketones is 1. The predicted molar refractivity (Wildman–Crippen MR) is 87.8 cm³/mol. The Balaban J connectivity index is 2.04. The Bertz CT molecular complexity index is 742. The Kier molecular flexibility index (Phi) is 4.93. The third-order valence-corrected chi connectivity index (χ3v) is 3.68. The summed E-state index contributed by atoms with van der Waals surface area (Å²) in [6, 6.07) is 1.91. The number of amides is 1. The van der Waals surface area contributed by atoms with Crippen LogP contribution < -0.4 is 5.32 Å². The molecule has 0 spiro atoms. The second-order valence-electron chi connectivity index (χ2n) is 5.75. The average Bonchev–Trinajstić information content (AvgIpc) is 2.73. The van der Waals surface area contributed by atoms with E-state index >= 15 is 0 Å². The molecule has 0 atom stereocenters. The average molecular weight is 314 g/mol. The van der Waals surface area contributed by atoms with E-state index in [9.17, 15) is 9.59 Å². The maximum Gasteiger partial charge on any atom is 0.253 e. The summed E-state index contributed by atoms with van der Waals surface area (Å²) < 4.78 is 0. The fourth-order valence-electron chi connectivity index (χ4n) is 2.73. The maximum atomic E-state index is 12.4. The molecule has 2 aromatic rings. The SMILES string of the molecule is CC(=O)c1[nH]c(C)c(C(=O)NCCc2nc(C)cc(C)n2)c1C. The van der Waals surface area contributed by atoms with Gasteiger partial charge in [-0.1, -0.05) is 0 Å². The monoisotopic (exact) mass is 314 g/mol. The number of H-pyrrole nitrogens is 1. The molecule has 2 rings (SSSR count). The molecule has 0 unspecified atom stereocenters. The van der Waals surface area contributed by atoms with E-state index in [2.05, 4.69) is 20.3 Å². The number of nitrogens with one attached hydrogen (secondary N) is 2. The lowest BCUT2D eigenvalue weighted by atomic mass is 10.1. The van der Waals surface area contributed by atoms with Crippen molar-refractivity contribution < 1.29 is 9.59 Å². The molecule has 0 saturated heterocycles. The molecular formula is C17H22N4O2. The summed E-state index contributed by atoms with van der Waals surface area (Å²) in [7, 11) is 0. The van der Waals surface area contributed by atoms with Crippen LogP contribution >= 0.6 is 0 Å². The number of aromatic amines is 1. The van der Waals surface area contributed by atoms with E-state index in [-0.39, 0.29) is 11.7 Å². The number of hydrogen-bond donors (Lipinski definition) is 2. The molecule has 0 aliphatic carbocycles. The van der Waals surface area contributed by atoms with E-state index in [0.717, 1.165) is 17.2 Å². The first-order valence-electron chi connectivity index (χ1n) is 7.59. The number of carbonyl (C=O) groups excluding carboxylic acids is 2. The van der Waals surface area contributed by atoms with Crippen LogP contribution in [0.25, 0.3) is 0 Å². The van der Waals surface area contributed by atoms with Gasteiger partial charge >= 0.3 is 0 Å². The molecule has 6 nitrogen and oxygen atoms in total. The van der Waals surface area contributed by atoms with Gasteiger partial charge in [0, 0.05) is 37.0 Å². The smallest absolute Gasteiger partial charge is 0.253 e. The van der Waals surface area contributed by atoms with E-state index in [1.807, 2.05) is 19.9 Å². The molecule has 2 aromatic heterocycles. The van der Waals surface area contributed by atoms with E-state index < -0.39 is 0 Å². The molecule has 122 valence electrons. The van der Waals surface area contributed by atoms with E-state index in [1.165, 1.54) is 6.92 Å². The summed E-state index contributed by atoms with van der Waals surface area (Å²) in [6.07, 6.45) is 0.566. The van der Waals surface area contributed by atoms with Crippen molar-refractivity contribution in [3.63, 3.8) is 0 Å². The molecule has 0 bridgehead atoms. The second kappa shape index (κ2) is 6.73. The summed E-state index contributed by atoms with van der Waals surface area (Å²) in [5.74, 6) is 0.455. The van der Waals surface area contributed by atoms with Crippen LogP contribution in [-0.4, -0.2) is 33.2 Å². The zero-order valence-electron chi connectivity index (χ0n) is 14.2. The number of nitrogens with zero attached hydrogens (tertiary/aromatic N) is 2. The van der Waals surface area contributed by atoms with Gasteiger partial charge in [-0.15, -0.1) is 0 Å². The predicted octanol–water partition coefficient (Wildman–Crippen LogP) is 2.21. The van der Waals surface area contributed by atoms with Crippen molar-refractivity contribution in [1.29, 1.82) is 0 Å². The van der Waals surface area contributed by atoms with Gasteiger partial charge < -0.3 is 10.3 Å². The van der Waals surface area contributed by atoms with Crippen molar-refractivity contribution in [2.75, 3.05) is 6.54 Å². The topological polar surface area (TPSA) is 87.7 Å². The second-order valence-corrected chi connectivity index (χ2v) is 5.75. The van der Waals surface area contributed by atoms with Crippen LogP contribution in [0.4, 0.5) is 0 Å². The lowest BCUT2D eigenvalue weighted by molar-refractivity contribution is 0.0952. The fourth-order valence-corrected chi connectivity index (χ4v) is 2.73. The first kappa shape index (κ1) is 16.9. The van der Waals surface area contributed by atoms with Crippen LogP contribution in [0.1, 0.15) is 56.2 Å². The molecule has 0 fully saturated rings. The van der Waals surface area contributed by atoms with Crippen LogP contribution in [0.15, 0.2) is 6.07 Å². The minimum absolute atomic E-state index is 0.0757. The minimum atomic E-state index is -0.187. The highest BCUT2D eigenvalue weighted by Gasteiger charge is 2.19. The van der Waals surface area contributed by atoms with Crippen LogP contribution in [0.2, 0.25) is 0 Å². The van der Waals surface area contributed by atoms with Gasteiger partial charge in [0.05, 0.1) is 11.3 Å². The van der Waals surface area contributed by atoms with Gasteiger partial charge in [0.15, 0.2) is 5.78 Å². The molecule has 0 aromatic carbocycles. The largest absolute Gasteiger partial charge is 0.355 e. The van der Waals surface area contributed by atoms with Gasteiger partial charge in [0.2, 0.25) is 0 Å². The summed E-state index contributed by atoms with van der Waals surface area (Å²) in [5.41, 5.74) is 4.26. The van der Waals surface area contributed by atoms with E-state index in [1.54, 1.807) is 13.8 Å². The molecule has 2 heterocycles. The molecule has 23 heavy (non-hydrogen) atoms. The van der Waals surface area contributed by atoms with Crippen LogP contribution in [-0.2, 0) is 6.42 Å². The number of Topliss-reactive ketones (excluding diaryl/α,β-unsaturated/α-hetero) is 1. The lowest BCUT2D eigenvalue weighted by Gasteiger charge is -2.07. The summed E-state index contributed by atoms with van der Waals surface area (Å²) in [4.78, 5) is 35.6. The third kappa shape index (κ3) is 3.83. The Morgan fingerprint density at radius 3 is 2.26 bits per heavy atom. The first-order valence-corrected chi connectivity index (χ1v) is 7.59. The van der Waals surface area contributed by atoms with Crippen LogP contribution in [0, 0.1) is 27.7 Å². The molecule has 0 radical (unpaired) electrons. The van der Waals surface area contributed by atoms with Gasteiger partial charge in [0.25, 0.3) is 5.91 Å². The number of rotatable bonds is 5. The summed E-state index contributed by atoms with van der Waals surface area (Å²) in [6.45, 7) is 9.35. The molecule has 0 saturated carbocycles. The van der Waals surface area contributed by atoms with Crippen molar-refractivity contribution in [3.05, 3.63) is 45.8 Å². The maximum absolute atomic E-state index is 12.4. The lowest BCUT2D eigenvalue weighted by Crippen LogP contribution is -2.27. The number of aryl methyl sites for hydroxylation is 3. The molecule has 0 aliphatic heterocycles. The van der Waals surface area contributed by atoms with Crippen LogP contribution in [0.5, 0.6) is 0 Å². The quantitative estimate of drug-likeness (QED) is 0.828. The highest BCUT2D eigenvalue weighted by molar-refractivity contribution is 6.02. The number of hydrogen-bond acceptors (Lipinski definition) is 4. The zero-order chi connectivity index (χ0) is 17.1. The van der Waals surface area contributed by atoms with Crippen LogP contribution in [0.3, 0.4) is 0 Å². The third-order valence-electron chi connectivity index (χ3n) is 3.68. The first-order chi connectivity index (χ1) is 10.8. The normalized spacial score (nSPS) is 10.7. The Hall–Kier alpha value is -2.50. The summed E-state index contributed by atoms with van der Waals surface area (Å²) in [5, 5.41) is 2.87. The Labute approximate surface area is 135 Å². The molecule has 2 N–H and O–H groups in total. The van der Waals surface area contributed by atoms with Crippen molar-refractivity contribution >= 4 is 11.7 Å². The van der Waals surface area contributed by atoms with Gasteiger partial charge in [-0.3, -0.25) is 9.59 Å². The highest BCUT2D eigenvalue weighted by atomic mass is 16.1. The van der Waals surface area contributed by atoms with Gasteiger partial charge in [-0.25, -0.2) is 9.97 Å². The number of aromatic nitrogens is 3. The van der Waals surface area contributed by atoms with Crippen molar-refractivity contribution in [3.8, 4) is 0 Å². The van der Waals surface area contributed by atoms with Gasteiger partial charge in [-0.05, 0) is 39.3 Å². The molecule has 0 aliphatic rings. The molecule has 1 amide bonds. The fraction of sp³-hybridized carbons (Fsp3) is 0.412. The summed E-state index contributed by atoms with van der Waals surface area (Å²) >= 11 is 0. The van der Waals surface area contributed by atoms with Crippen molar-refractivity contribution in [2.24, 2.45) is 0 Å². The van der Waals surface area contributed by atoms with Crippen molar-refractivity contribution in [1.82, 2.24) is 20.3 Å². The van der Waals surface area contributed by atoms with Gasteiger partial charge in [0.1, 0.15) is 5.82 Å². The Morgan fingerprint density at radius 2 is 1.74 bits per heavy atom. The van der Waals surface area contributed by atoms with Crippen molar-refractivity contribution in [2.45, 2.75) is 41.0 Å². The molecule has 6 heteroatoms.